The Hall–Kier alpha value is -2.63. The molecule has 31 heavy (non-hydrogen) atoms. The quantitative estimate of drug-likeness (QED) is 0.711. The van der Waals surface area contributed by atoms with Crippen molar-refractivity contribution in [3.8, 4) is 0 Å². The van der Waals surface area contributed by atoms with Crippen molar-refractivity contribution in [2.75, 3.05) is 26.2 Å². The van der Waals surface area contributed by atoms with Gasteiger partial charge in [-0.3, -0.25) is 14.3 Å². The SMILES string of the molecule is CC(C)(C)n1nc(C(=O)N2CCN(C(=O)CCCc3ccccc3)CC2)cc1C1CC1. The fourth-order valence-electron chi connectivity index (χ4n) is 4.27. The van der Waals surface area contributed by atoms with Crippen molar-refractivity contribution in [1.82, 2.24) is 19.6 Å². The molecule has 0 atom stereocenters. The van der Waals surface area contributed by atoms with Gasteiger partial charge in [0.1, 0.15) is 0 Å². The van der Waals surface area contributed by atoms with Crippen molar-refractivity contribution in [2.24, 2.45) is 0 Å². The standard InChI is InChI=1S/C25H34N4O2/c1-25(2,3)29-22(20-12-13-20)18-21(26-29)24(31)28-16-14-27(15-17-28)23(30)11-7-10-19-8-5-4-6-9-19/h4-6,8-9,18,20H,7,10-17H2,1-3H3. The van der Waals surface area contributed by atoms with E-state index in [2.05, 4.69) is 38.0 Å². The Bertz CT molecular complexity index is 917. The number of nitrogens with zero attached hydrogens (tertiary/aromatic N) is 4. The summed E-state index contributed by atoms with van der Waals surface area (Å²) in [5.74, 6) is 0.718. The lowest BCUT2D eigenvalue weighted by Crippen LogP contribution is -2.50. The first kappa shape index (κ1) is 21.6. The molecule has 2 aliphatic rings. The number of rotatable bonds is 6. The summed E-state index contributed by atoms with van der Waals surface area (Å²) in [6.45, 7) is 8.73. The van der Waals surface area contributed by atoms with Gasteiger partial charge in [0.25, 0.3) is 5.91 Å². The Morgan fingerprint density at radius 1 is 1.00 bits per heavy atom. The van der Waals surface area contributed by atoms with E-state index >= 15 is 0 Å². The van der Waals surface area contributed by atoms with Crippen molar-refractivity contribution in [3.63, 3.8) is 0 Å². The molecule has 6 nitrogen and oxygen atoms in total. The van der Waals surface area contributed by atoms with Crippen LogP contribution in [-0.4, -0.2) is 57.6 Å². The molecule has 0 radical (unpaired) electrons. The van der Waals surface area contributed by atoms with Crippen LogP contribution in [0.1, 0.15) is 74.1 Å². The molecule has 1 aliphatic heterocycles. The maximum Gasteiger partial charge on any atom is 0.274 e. The van der Waals surface area contributed by atoms with E-state index in [-0.39, 0.29) is 17.4 Å². The largest absolute Gasteiger partial charge is 0.339 e. The number of hydrogen-bond acceptors (Lipinski definition) is 3. The molecule has 1 aromatic carbocycles. The highest BCUT2D eigenvalue weighted by Crippen LogP contribution is 2.41. The monoisotopic (exact) mass is 422 g/mol. The molecule has 0 unspecified atom stereocenters. The third kappa shape index (κ3) is 5.17. The summed E-state index contributed by atoms with van der Waals surface area (Å²) in [4.78, 5) is 29.4. The number of aromatic nitrogens is 2. The third-order valence-corrected chi connectivity index (χ3v) is 6.21. The lowest BCUT2D eigenvalue weighted by molar-refractivity contribution is -0.132. The van der Waals surface area contributed by atoms with Crippen LogP contribution in [0.15, 0.2) is 36.4 Å². The average Bonchev–Trinajstić information content (AvgIpc) is 3.50. The van der Waals surface area contributed by atoms with Crippen LogP contribution in [0, 0.1) is 0 Å². The zero-order chi connectivity index (χ0) is 22.0. The van der Waals surface area contributed by atoms with Gasteiger partial charge in [-0.15, -0.1) is 0 Å². The van der Waals surface area contributed by atoms with E-state index in [0.29, 0.717) is 44.2 Å². The van der Waals surface area contributed by atoms with Crippen LogP contribution < -0.4 is 0 Å². The first-order valence-corrected chi connectivity index (χ1v) is 11.5. The summed E-state index contributed by atoms with van der Waals surface area (Å²) in [6.07, 6.45) is 4.70. The van der Waals surface area contributed by atoms with Gasteiger partial charge < -0.3 is 9.80 Å². The lowest BCUT2D eigenvalue weighted by atomic mass is 10.1. The Morgan fingerprint density at radius 3 is 2.26 bits per heavy atom. The minimum atomic E-state index is -0.138. The summed E-state index contributed by atoms with van der Waals surface area (Å²) in [5.41, 5.74) is 2.86. The minimum absolute atomic E-state index is 0.0129. The van der Waals surface area contributed by atoms with E-state index in [1.54, 1.807) is 0 Å². The van der Waals surface area contributed by atoms with Gasteiger partial charge in [0.2, 0.25) is 5.91 Å². The maximum absolute atomic E-state index is 13.1. The van der Waals surface area contributed by atoms with Crippen LogP contribution >= 0.6 is 0 Å². The molecule has 2 amide bonds. The molecule has 1 saturated carbocycles. The van der Waals surface area contributed by atoms with Crippen LogP contribution in [0.5, 0.6) is 0 Å². The van der Waals surface area contributed by atoms with Crippen LogP contribution in [-0.2, 0) is 16.8 Å². The highest BCUT2D eigenvalue weighted by Gasteiger charge is 2.34. The molecule has 1 aromatic heterocycles. The van der Waals surface area contributed by atoms with Gasteiger partial charge in [0.15, 0.2) is 5.69 Å². The number of amides is 2. The van der Waals surface area contributed by atoms with Gasteiger partial charge in [0, 0.05) is 44.2 Å². The van der Waals surface area contributed by atoms with E-state index in [1.165, 1.54) is 24.1 Å². The smallest absolute Gasteiger partial charge is 0.274 e. The van der Waals surface area contributed by atoms with Crippen molar-refractivity contribution >= 4 is 11.8 Å². The number of piperazine rings is 1. The molecular weight excluding hydrogens is 388 g/mol. The molecule has 2 aromatic rings. The first-order valence-electron chi connectivity index (χ1n) is 11.5. The van der Waals surface area contributed by atoms with Gasteiger partial charge in [0.05, 0.1) is 5.54 Å². The molecule has 0 spiro atoms. The summed E-state index contributed by atoms with van der Waals surface area (Å²) in [6, 6.07) is 12.3. The predicted octanol–water partition coefficient (Wildman–Crippen LogP) is 3.82. The zero-order valence-corrected chi connectivity index (χ0v) is 19.0. The van der Waals surface area contributed by atoms with E-state index in [0.717, 1.165) is 12.8 Å². The van der Waals surface area contributed by atoms with Crippen LogP contribution in [0.2, 0.25) is 0 Å². The van der Waals surface area contributed by atoms with Gasteiger partial charge in [-0.1, -0.05) is 30.3 Å². The number of aryl methyl sites for hydroxylation is 1. The Balaban J connectivity index is 1.29. The van der Waals surface area contributed by atoms with E-state index in [1.807, 2.05) is 38.7 Å². The van der Waals surface area contributed by atoms with Crippen LogP contribution in [0.3, 0.4) is 0 Å². The van der Waals surface area contributed by atoms with Gasteiger partial charge >= 0.3 is 0 Å². The highest BCUT2D eigenvalue weighted by molar-refractivity contribution is 5.92. The van der Waals surface area contributed by atoms with Crippen LogP contribution in [0.4, 0.5) is 0 Å². The van der Waals surface area contributed by atoms with Crippen molar-refractivity contribution < 1.29 is 9.59 Å². The average molecular weight is 423 g/mol. The molecule has 166 valence electrons. The molecule has 2 heterocycles. The number of carbonyl (C=O) groups excluding carboxylic acids is 2. The molecule has 0 N–H and O–H groups in total. The molecule has 6 heteroatoms. The highest BCUT2D eigenvalue weighted by atomic mass is 16.2. The second-order valence-electron chi connectivity index (χ2n) is 9.82. The molecule has 4 rings (SSSR count). The van der Waals surface area contributed by atoms with Crippen molar-refractivity contribution in [3.05, 3.63) is 53.3 Å². The zero-order valence-electron chi connectivity index (χ0n) is 19.0. The van der Waals surface area contributed by atoms with Gasteiger partial charge in [-0.05, 0) is 58.1 Å². The topological polar surface area (TPSA) is 58.4 Å². The lowest BCUT2D eigenvalue weighted by Gasteiger charge is -2.34. The Morgan fingerprint density at radius 2 is 1.65 bits per heavy atom. The summed E-state index contributed by atoms with van der Waals surface area (Å²) < 4.78 is 2.03. The molecular formula is C25H34N4O2. The predicted molar refractivity (Wildman–Crippen MR) is 121 cm³/mol. The Labute approximate surface area is 185 Å². The number of carbonyl (C=O) groups is 2. The van der Waals surface area contributed by atoms with E-state index < -0.39 is 0 Å². The molecule has 1 aliphatic carbocycles. The van der Waals surface area contributed by atoms with E-state index in [9.17, 15) is 9.59 Å². The molecule has 0 bridgehead atoms. The second-order valence-corrected chi connectivity index (χ2v) is 9.82. The Kier molecular flexibility index (Phi) is 6.17. The maximum atomic E-state index is 13.1. The first-order chi connectivity index (χ1) is 14.8. The van der Waals surface area contributed by atoms with Gasteiger partial charge in [-0.2, -0.15) is 5.10 Å². The van der Waals surface area contributed by atoms with Crippen molar-refractivity contribution in [2.45, 2.75) is 64.3 Å². The van der Waals surface area contributed by atoms with E-state index in [4.69, 9.17) is 0 Å². The number of benzene rings is 1. The van der Waals surface area contributed by atoms with Crippen molar-refractivity contribution in [1.29, 1.82) is 0 Å². The summed E-state index contributed by atoms with van der Waals surface area (Å²) >= 11 is 0. The fourth-order valence-corrected chi connectivity index (χ4v) is 4.27. The summed E-state index contributed by atoms with van der Waals surface area (Å²) in [7, 11) is 0. The number of hydrogen-bond donors (Lipinski definition) is 0. The molecule has 1 saturated heterocycles. The van der Waals surface area contributed by atoms with Gasteiger partial charge in [-0.25, -0.2) is 0 Å². The fraction of sp³-hybridized carbons (Fsp3) is 0.560. The third-order valence-electron chi connectivity index (χ3n) is 6.21. The second kappa shape index (κ2) is 8.85. The summed E-state index contributed by atoms with van der Waals surface area (Å²) in [5, 5.41) is 4.69. The van der Waals surface area contributed by atoms with Crippen LogP contribution in [0.25, 0.3) is 0 Å². The minimum Gasteiger partial charge on any atom is -0.339 e. The normalized spacial score (nSPS) is 17.1. The molecule has 2 fully saturated rings.